The molecule has 6 heteroatoms. The lowest BCUT2D eigenvalue weighted by atomic mass is 9.66. The standard InChI is InChI=1S/C18H7B4BrO/c19-14-13(15(20)17(22)18(23)16(14)21)8-5-6-12-10(7-8)9-3-1-2-4-11(9)24-12/h1-7H. The zero-order valence-electron chi connectivity index (χ0n) is 12.6. The Morgan fingerprint density at radius 1 is 0.708 bits per heavy atom. The SMILES string of the molecule is [B]c1c([B])c(-c2ccc3oc4ccccc4c3c2)c([B])c([B])c1Br. The van der Waals surface area contributed by atoms with E-state index in [1.165, 1.54) is 0 Å². The van der Waals surface area contributed by atoms with Gasteiger partial charge in [-0.25, -0.2) is 0 Å². The number of fused-ring (bicyclic) bond motifs is 3. The van der Waals surface area contributed by atoms with E-state index >= 15 is 0 Å². The summed E-state index contributed by atoms with van der Waals surface area (Å²) in [6, 6.07) is 13.7. The van der Waals surface area contributed by atoms with Crippen LogP contribution in [0.5, 0.6) is 0 Å². The van der Waals surface area contributed by atoms with E-state index in [0.717, 1.165) is 27.5 Å². The first-order chi connectivity index (χ1) is 11.5. The first kappa shape index (κ1) is 15.7. The maximum Gasteiger partial charge on any atom is 0.135 e. The zero-order valence-corrected chi connectivity index (χ0v) is 14.2. The quantitative estimate of drug-likeness (QED) is 0.464. The highest BCUT2D eigenvalue weighted by molar-refractivity contribution is 9.10. The van der Waals surface area contributed by atoms with Crippen molar-refractivity contribution in [2.75, 3.05) is 0 Å². The van der Waals surface area contributed by atoms with E-state index in [2.05, 4.69) is 15.9 Å². The van der Waals surface area contributed by atoms with Crippen molar-refractivity contribution in [1.29, 1.82) is 0 Å². The van der Waals surface area contributed by atoms with Crippen molar-refractivity contribution < 1.29 is 4.42 Å². The van der Waals surface area contributed by atoms with Crippen LogP contribution in [0, 0.1) is 0 Å². The topological polar surface area (TPSA) is 13.1 Å². The van der Waals surface area contributed by atoms with Crippen LogP contribution in [-0.4, -0.2) is 31.4 Å². The lowest BCUT2D eigenvalue weighted by Crippen LogP contribution is -2.43. The van der Waals surface area contributed by atoms with Crippen LogP contribution in [0.25, 0.3) is 33.1 Å². The predicted octanol–water partition coefficient (Wildman–Crippen LogP) is 1.19. The molecule has 3 aromatic carbocycles. The summed E-state index contributed by atoms with van der Waals surface area (Å²) in [6.45, 7) is 0. The molecule has 0 atom stereocenters. The Balaban J connectivity index is 2.06. The molecule has 8 radical (unpaired) electrons. The molecule has 0 spiro atoms. The van der Waals surface area contributed by atoms with E-state index in [9.17, 15) is 0 Å². The molecular weight excluding hydrogens is 355 g/mol. The fourth-order valence-corrected chi connectivity index (χ4v) is 3.42. The summed E-state index contributed by atoms with van der Waals surface area (Å²) in [5, 5.41) is 2.02. The van der Waals surface area contributed by atoms with Crippen molar-refractivity contribution in [3.05, 3.63) is 46.9 Å². The Bertz CT molecular complexity index is 1090. The molecule has 104 valence electrons. The molecule has 24 heavy (non-hydrogen) atoms. The van der Waals surface area contributed by atoms with Gasteiger partial charge < -0.3 is 4.42 Å². The Morgan fingerprint density at radius 3 is 2.04 bits per heavy atom. The molecule has 0 bridgehead atoms. The molecular formula is C18H7B4BrO. The number of halogens is 1. The highest BCUT2D eigenvalue weighted by atomic mass is 79.9. The predicted molar refractivity (Wildman–Crippen MR) is 108 cm³/mol. The minimum absolute atomic E-state index is 0.383. The monoisotopic (exact) mass is 362 g/mol. The van der Waals surface area contributed by atoms with Crippen molar-refractivity contribution in [2.24, 2.45) is 0 Å². The Kier molecular flexibility index (Phi) is 3.69. The molecule has 0 aliphatic rings. The molecule has 1 heterocycles. The van der Waals surface area contributed by atoms with Crippen LogP contribution >= 0.6 is 15.9 Å². The molecule has 0 saturated carbocycles. The number of hydrogen-bond acceptors (Lipinski definition) is 1. The molecule has 0 N–H and O–H groups in total. The van der Waals surface area contributed by atoms with Crippen molar-refractivity contribution in [3.8, 4) is 11.1 Å². The van der Waals surface area contributed by atoms with Gasteiger partial charge in [0, 0.05) is 15.2 Å². The van der Waals surface area contributed by atoms with Gasteiger partial charge in [0.1, 0.15) is 42.6 Å². The molecule has 0 unspecified atom stereocenters. The molecule has 4 rings (SSSR count). The maximum atomic E-state index is 6.20. The number of rotatable bonds is 1. The average Bonchev–Trinajstić information content (AvgIpc) is 2.96. The lowest BCUT2D eigenvalue weighted by molar-refractivity contribution is 0.669. The van der Waals surface area contributed by atoms with Gasteiger partial charge in [-0.1, -0.05) is 62.0 Å². The average molecular weight is 362 g/mol. The zero-order chi connectivity index (χ0) is 17.0. The normalized spacial score (nSPS) is 11.4. The van der Waals surface area contributed by atoms with Gasteiger partial charge in [0.15, 0.2) is 0 Å². The highest BCUT2D eigenvalue weighted by Crippen LogP contribution is 2.31. The van der Waals surface area contributed by atoms with Gasteiger partial charge in [0.2, 0.25) is 0 Å². The van der Waals surface area contributed by atoms with Crippen LogP contribution in [-0.2, 0) is 0 Å². The minimum atomic E-state index is 0.383. The van der Waals surface area contributed by atoms with Gasteiger partial charge in [0.05, 0.1) is 0 Å². The third-order valence-corrected chi connectivity index (χ3v) is 5.11. The van der Waals surface area contributed by atoms with Gasteiger partial charge in [-0.3, -0.25) is 0 Å². The van der Waals surface area contributed by atoms with Crippen molar-refractivity contribution in [2.45, 2.75) is 0 Å². The summed E-state index contributed by atoms with van der Waals surface area (Å²) in [6.07, 6.45) is 0. The molecule has 0 aliphatic carbocycles. The summed E-state index contributed by atoms with van der Waals surface area (Å²) in [4.78, 5) is 0. The second kappa shape index (κ2) is 5.63. The summed E-state index contributed by atoms with van der Waals surface area (Å²) in [5.74, 6) is 0. The van der Waals surface area contributed by atoms with Gasteiger partial charge >= 0.3 is 0 Å². The van der Waals surface area contributed by atoms with Crippen LogP contribution < -0.4 is 21.9 Å². The number of benzene rings is 3. The fourth-order valence-electron chi connectivity index (χ4n) is 2.99. The summed E-state index contributed by atoms with van der Waals surface area (Å²) in [5.41, 5.74) is 4.69. The van der Waals surface area contributed by atoms with Crippen molar-refractivity contribution >= 4 is 91.1 Å². The number of para-hydroxylation sites is 1. The van der Waals surface area contributed by atoms with Gasteiger partial charge in [0.25, 0.3) is 0 Å². The summed E-state index contributed by atoms with van der Waals surface area (Å²) >= 11 is 3.33. The smallest absolute Gasteiger partial charge is 0.135 e. The van der Waals surface area contributed by atoms with Gasteiger partial charge in [-0.05, 0) is 29.3 Å². The first-order valence-electron chi connectivity index (χ1n) is 7.32. The van der Waals surface area contributed by atoms with Crippen LogP contribution in [0.4, 0.5) is 0 Å². The van der Waals surface area contributed by atoms with E-state index in [1.807, 2.05) is 42.5 Å². The number of hydrogen-bond donors (Lipinski definition) is 0. The first-order valence-corrected chi connectivity index (χ1v) is 8.11. The van der Waals surface area contributed by atoms with E-state index in [1.54, 1.807) is 0 Å². The van der Waals surface area contributed by atoms with Crippen LogP contribution in [0.3, 0.4) is 0 Å². The molecule has 0 fully saturated rings. The molecule has 1 nitrogen and oxygen atoms in total. The Morgan fingerprint density at radius 2 is 1.33 bits per heavy atom. The van der Waals surface area contributed by atoms with Gasteiger partial charge in [-0.15, -0.1) is 0 Å². The van der Waals surface area contributed by atoms with E-state index in [0.29, 0.717) is 31.9 Å². The largest absolute Gasteiger partial charge is 0.456 e. The van der Waals surface area contributed by atoms with Crippen LogP contribution in [0.1, 0.15) is 0 Å². The lowest BCUT2D eigenvalue weighted by Gasteiger charge is -2.20. The fraction of sp³-hybridized carbons (Fsp3) is 0. The maximum absolute atomic E-state index is 6.20. The van der Waals surface area contributed by atoms with Crippen molar-refractivity contribution in [1.82, 2.24) is 0 Å². The van der Waals surface area contributed by atoms with Crippen molar-refractivity contribution in [3.63, 3.8) is 0 Å². The third kappa shape index (κ3) is 2.20. The molecule has 0 amide bonds. The third-order valence-electron chi connectivity index (χ3n) is 4.26. The summed E-state index contributed by atoms with van der Waals surface area (Å²) in [7, 11) is 24.5. The van der Waals surface area contributed by atoms with Gasteiger partial charge in [-0.2, -0.15) is 0 Å². The Hall–Kier alpha value is -1.80. The van der Waals surface area contributed by atoms with E-state index < -0.39 is 0 Å². The second-order valence-corrected chi connectivity index (χ2v) is 6.45. The second-order valence-electron chi connectivity index (χ2n) is 5.65. The number of furan rings is 1. The molecule has 0 aliphatic heterocycles. The Labute approximate surface area is 153 Å². The molecule has 0 saturated heterocycles. The van der Waals surface area contributed by atoms with Crippen LogP contribution in [0.2, 0.25) is 0 Å². The van der Waals surface area contributed by atoms with E-state index in [4.69, 9.17) is 35.8 Å². The molecule has 4 aromatic rings. The highest BCUT2D eigenvalue weighted by Gasteiger charge is 2.15. The summed E-state index contributed by atoms with van der Waals surface area (Å²) < 4.78 is 6.38. The molecule has 1 aromatic heterocycles. The van der Waals surface area contributed by atoms with Crippen LogP contribution in [0.15, 0.2) is 51.4 Å². The van der Waals surface area contributed by atoms with E-state index in [-0.39, 0.29) is 0 Å². The minimum Gasteiger partial charge on any atom is -0.456 e.